The molecular weight excluding hydrogens is 454 g/mol. The van der Waals surface area contributed by atoms with Crippen LogP contribution < -0.4 is 5.56 Å². The molecule has 0 spiro atoms. The number of nitrogens with one attached hydrogen (secondary N) is 1. The van der Waals surface area contributed by atoms with Crippen LogP contribution in [-0.4, -0.2) is 62.6 Å². The van der Waals surface area contributed by atoms with E-state index in [1.54, 1.807) is 20.6 Å². The van der Waals surface area contributed by atoms with Crippen LogP contribution in [-0.2, 0) is 11.3 Å². The van der Waals surface area contributed by atoms with Gasteiger partial charge in [-0.1, -0.05) is 41.4 Å². The summed E-state index contributed by atoms with van der Waals surface area (Å²) in [6, 6.07) is 11.0. The molecule has 0 unspecified atom stereocenters. The van der Waals surface area contributed by atoms with Crippen molar-refractivity contribution in [2.24, 2.45) is 0 Å². The number of H-pyrrole nitrogens is 1. The van der Waals surface area contributed by atoms with E-state index in [0.717, 1.165) is 11.3 Å². The van der Waals surface area contributed by atoms with Crippen LogP contribution in [0, 0.1) is 13.8 Å². The number of benzene rings is 1. The first-order chi connectivity index (χ1) is 16.3. The van der Waals surface area contributed by atoms with Crippen molar-refractivity contribution in [2.45, 2.75) is 20.4 Å². The Hall–Kier alpha value is -3.65. The third kappa shape index (κ3) is 5.28. The molecule has 4 rings (SSSR count). The number of aromatic nitrogens is 3. The number of rotatable bonds is 5. The summed E-state index contributed by atoms with van der Waals surface area (Å²) in [6.07, 6.45) is 4.62. The van der Waals surface area contributed by atoms with Gasteiger partial charge in [-0.15, -0.1) is 0 Å². The maximum atomic E-state index is 12.7. The Morgan fingerprint density at radius 1 is 1.03 bits per heavy atom. The number of amides is 2. The summed E-state index contributed by atoms with van der Waals surface area (Å²) in [5.41, 5.74) is 3.92. The van der Waals surface area contributed by atoms with Gasteiger partial charge in [0.15, 0.2) is 0 Å². The number of nitrogens with zero attached hydrogens (tertiary/aromatic N) is 4. The normalized spacial score (nSPS) is 14.1. The van der Waals surface area contributed by atoms with Crippen molar-refractivity contribution < 1.29 is 9.59 Å². The lowest BCUT2D eigenvalue weighted by Gasteiger charge is -2.34. The van der Waals surface area contributed by atoms with Gasteiger partial charge in [0.2, 0.25) is 11.5 Å². The van der Waals surface area contributed by atoms with Gasteiger partial charge in [0.25, 0.3) is 5.91 Å². The molecule has 0 saturated carbocycles. The highest BCUT2D eigenvalue weighted by Gasteiger charge is 2.24. The highest BCUT2D eigenvalue weighted by molar-refractivity contribution is 6.31. The predicted molar refractivity (Wildman–Crippen MR) is 131 cm³/mol. The third-order valence-corrected chi connectivity index (χ3v) is 6.26. The van der Waals surface area contributed by atoms with Crippen molar-refractivity contribution in [3.63, 3.8) is 0 Å². The molecule has 1 N–H and O–H groups in total. The summed E-state index contributed by atoms with van der Waals surface area (Å²) in [4.78, 5) is 42.4. The van der Waals surface area contributed by atoms with E-state index in [9.17, 15) is 14.4 Å². The monoisotopic (exact) mass is 479 g/mol. The number of carbonyl (C=O) groups is 2. The van der Waals surface area contributed by atoms with E-state index in [1.165, 1.54) is 30.0 Å². The Morgan fingerprint density at radius 3 is 2.35 bits per heavy atom. The van der Waals surface area contributed by atoms with Gasteiger partial charge in [-0.2, -0.15) is 5.10 Å². The molecule has 34 heavy (non-hydrogen) atoms. The zero-order chi connectivity index (χ0) is 24.2. The number of hydrogen-bond acceptors (Lipinski definition) is 4. The third-order valence-electron chi connectivity index (χ3n) is 5.86. The van der Waals surface area contributed by atoms with Gasteiger partial charge in [-0.25, -0.2) is 4.68 Å². The summed E-state index contributed by atoms with van der Waals surface area (Å²) < 4.78 is 1.73. The van der Waals surface area contributed by atoms with Gasteiger partial charge in [-0.3, -0.25) is 14.4 Å². The number of hydrogen-bond donors (Lipinski definition) is 1. The van der Waals surface area contributed by atoms with Crippen molar-refractivity contribution in [3.8, 4) is 0 Å². The summed E-state index contributed by atoms with van der Waals surface area (Å²) >= 11 is 6.56. The molecule has 176 valence electrons. The fourth-order valence-corrected chi connectivity index (χ4v) is 4.14. The van der Waals surface area contributed by atoms with Crippen LogP contribution in [0.2, 0.25) is 5.15 Å². The second kappa shape index (κ2) is 10.1. The maximum absolute atomic E-state index is 12.7. The van der Waals surface area contributed by atoms with Crippen LogP contribution in [0.25, 0.3) is 6.08 Å². The van der Waals surface area contributed by atoms with Crippen LogP contribution in [0.5, 0.6) is 0 Å². The average Bonchev–Trinajstić information content (AvgIpc) is 3.11. The van der Waals surface area contributed by atoms with E-state index in [4.69, 9.17) is 11.6 Å². The summed E-state index contributed by atoms with van der Waals surface area (Å²) in [5.74, 6) is -0.305. The SMILES string of the molecule is Cc1ccc(Cn2nc(C)c(/C=C/C(=O)N3CCN(C(=O)c4ccc(=O)[nH]c4)CC3)c2Cl)cc1. The standard InChI is InChI=1S/C25H26ClN5O3/c1-17-3-5-19(6-4-17)16-31-24(26)21(18(2)28-31)8-10-23(33)29-11-13-30(14-12-29)25(34)20-7-9-22(32)27-15-20/h3-10,15H,11-14,16H2,1-2H3,(H,27,32)/b10-8+. The molecular formula is C25H26ClN5O3. The fraction of sp³-hybridized carbons (Fsp3) is 0.280. The van der Waals surface area contributed by atoms with E-state index in [2.05, 4.69) is 10.1 Å². The molecule has 0 aliphatic carbocycles. The minimum Gasteiger partial charge on any atom is -0.336 e. The van der Waals surface area contributed by atoms with Crippen LogP contribution >= 0.6 is 11.6 Å². The predicted octanol–water partition coefficient (Wildman–Crippen LogP) is 2.89. The quantitative estimate of drug-likeness (QED) is 0.569. The molecule has 2 amide bonds. The van der Waals surface area contributed by atoms with Crippen molar-refractivity contribution in [1.82, 2.24) is 24.6 Å². The van der Waals surface area contributed by atoms with Crippen molar-refractivity contribution in [2.75, 3.05) is 26.2 Å². The highest BCUT2D eigenvalue weighted by Crippen LogP contribution is 2.22. The lowest BCUT2D eigenvalue weighted by molar-refractivity contribution is -0.127. The Kier molecular flexibility index (Phi) is 6.98. The molecule has 0 bridgehead atoms. The molecule has 0 atom stereocenters. The smallest absolute Gasteiger partial charge is 0.255 e. The first kappa shape index (κ1) is 23.5. The number of pyridine rings is 1. The molecule has 1 saturated heterocycles. The maximum Gasteiger partial charge on any atom is 0.255 e. The van der Waals surface area contributed by atoms with E-state index < -0.39 is 0 Å². The molecule has 3 aromatic rings. The van der Waals surface area contributed by atoms with Crippen molar-refractivity contribution in [1.29, 1.82) is 0 Å². The Balaban J connectivity index is 1.36. The van der Waals surface area contributed by atoms with Crippen LogP contribution in [0.3, 0.4) is 0 Å². The van der Waals surface area contributed by atoms with E-state index >= 15 is 0 Å². The Labute approximate surface area is 202 Å². The summed E-state index contributed by atoms with van der Waals surface area (Å²) in [6.45, 7) is 6.15. The average molecular weight is 480 g/mol. The molecule has 1 aliphatic rings. The first-order valence-electron chi connectivity index (χ1n) is 11.1. The molecule has 3 heterocycles. The minimum atomic E-state index is -0.255. The van der Waals surface area contributed by atoms with Gasteiger partial charge in [0.05, 0.1) is 17.8 Å². The summed E-state index contributed by atoms with van der Waals surface area (Å²) in [7, 11) is 0. The number of piperazine rings is 1. The molecule has 9 heteroatoms. The molecule has 0 radical (unpaired) electrons. The topological polar surface area (TPSA) is 91.3 Å². The van der Waals surface area contributed by atoms with E-state index in [1.807, 2.05) is 38.1 Å². The molecule has 8 nitrogen and oxygen atoms in total. The number of aryl methyl sites for hydroxylation is 2. The summed E-state index contributed by atoms with van der Waals surface area (Å²) in [5, 5.41) is 5.01. The second-order valence-corrected chi connectivity index (χ2v) is 8.68. The van der Waals surface area contributed by atoms with Gasteiger partial charge in [0.1, 0.15) is 5.15 Å². The zero-order valence-corrected chi connectivity index (χ0v) is 19.9. The van der Waals surface area contributed by atoms with Crippen LogP contribution in [0.1, 0.15) is 32.7 Å². The minimum absolute atomic E-state index is 0.141. The van der Waals surface area contributed by atoms with Gasteiger partial charge >= 0.3 is 0 Å². The molecule has 1 aliphatic heterocycles. The molecule has 1 fully saturated rings. The fourth-order valence-electron chi connectivity index (χ4n) is 3.84. The molecule has 1 aromatic carbocycles. The lowest BCUT2D eigenvalue weighted by Crippen LogP contribution is -2.50. The van der Waals surface area contributed by atoms with E-state index in [-0.39, 0.29) is 17.4 Å². The number of aromatic amines is 1. The van der Waals surface area contributed by atoms with Gasteiger partial charge in [-0.05, 0) is 31.6 Å². The second-order valence-electron chi connectivity index (χ2n) is 8.33. The lowest BCUT2D eigenvalue weighted by atomic mass is 10.1. The first-order valence-corrected chi connectivity index (χ1v) is 11.4. The Bertz CT molecular complexity index is 1260. The van der Waals surface area contributed by atoms with Crippen LogP contribution in [0.4, 0.5) is 0 Å². The Morgan fingerprint density at radius 2 is 1.71 bits per heavy atom. The number of carbonyl (C=O) groups excluding carboxylic acids is 2. The van der Waals surface area contributed by atoms with Gasteiger partial charge in [0, 0.05) is 50.1 Å². The van der Waals surface area contributed by atoms with E-state index in [0.29, 0.717) is 49.0 Å². The number of halogens is 1. The molecule has 2 aromatic heterocycles. The van der Waals surface area contributed by atoms with Gasteiger partial charge < -0.3 is 14.8 Å². The highest BCUT2D eigenvalue weighted by atomic mass is 35.5. The van der Waals surface area contributed by atoms with Crippen molar-refractivity contribution >= 4 is 29.5 Å². The van der Waals surface area contributed by atoms with Crippen LogP contribution in [0.15, 0.2) is 53.5 Å². The van der Waals surface area contributed by atoms with Crippen molar-refractivity contribution in [3.05, 3.63) is 92.1 Å². The largest absolute Gasteiger partial charge is 0.336 e. The zero-order valence-electron chi connectivity index (χ0n) is 19.1.